The van der Waals surface area contributed by atoms with Gasteiger partial charge in [0.2, 0.25) is 0 Å². The fraction of sp³-hybridized carbons (Fsp3) is 0.786. The summed E-state index contributed by atoms with van der Waals surface area (Å²) in [6.07, 6.45) is 4.66. The van der Waals surface area contributed by atoms with E-state index in [2.05, 4.69) is 16.8 Å². The summed E-state index contributed by atoms with van der Waals surface area (Å²) in [7, 11) is 0. The van der Waals surface area contributed by atoms with E-state index >= 15 is 0 Å². The van der Waals surface area contributed by atoms with Gasteiger partial charge in [0.25, 0.3) is 0 Å². The number of aromatic nitrogens is 2. The van der Waals surface area contributed by atoms with E-state index in [0.717, 1.165) is 45.7 Å². The third kappa shape index (κ3) is 2.31. The number of ether oxygens (including phenoxy) is 1. The molecule has 0 aromatic carbocycles. The van der Waals surface area contributed by atoms with Gasteiger partial charge in [-0.05, 0) is 12.8 Å². The Kier molecular flexibility index (Phi) is 3.66. The summed E-state index contributed by atoms with van der Waals surface area (Å²) < 4.78 is 8.08. The summed E-state index contributed by atoms with van der Waals surface area (Å²) in [5, 5.41) is 3.41. The van der Waals surface area contributed by atoms with Gasteiger partial charge in [0.1, 0.15) is 5.82 Å². The molecule has 1 aromatic rings. The number of fused-ring (bicyclic) bond motifs is 1. The summed E-state index contributed by atoms with van der Waals surface area (Å²) in [6, 6.07) is 0. The van der Waals surface area contributed by atoms with E-state index in [9.17, 15) is 0 Å². The van der Waals surface area contributed by atoms with E-state index in [0.29, 0.717) is 5.92 Å². The van der Waals surface area contributed by atoms with Gasteiger partial charge < -0.3 is 14.6 Å². The van der Waals surface area contributed by atoms with Crippen molar-refractivity contribution < 1.29 is 4.74 Å². The van der Waals surface area contributed by atoms with E-state index in [1.54, 1.807) is 0 Å². The van der Waals surface area contributed by atoms with E-state index in [4.69, 9.17) is 9.72 Å². The largest absolute Gasteiger partial charge is 0.381 e. The Bertz CT molecular complexity index is 407. The minimum atomic E-state index is 0.678. The van der Waals surface area contributed by atoms with Crippen molar-refractivity contribution in [3.8, 4) is 0 Å². The first kappa shape index (κ1) is 12.2. The van der Waals surface area contributed by atoms with Crippen LogP contribution in [0.5, 0.6) is 0 Å². The Morgan fingerprint density at radius 1 is 1.50 bits per heavy atom. The van der Waals surface area contributed by atoms with Crippen LogP contribution in [0.3, 0.4) is 0 Å². The van der Waals surface area contributed by atoms with Crippen LogP contribution in [-0.2, 0) is 30.7 Å². The third-order valence-electron chi connectivity index (χ3n) is 4.08. The molecule has 0 aliphatic carbocycles. The van der Waals surface area contributed by atoms with E-state index < -0.39 is 0 Å². The molecule has 4 heteroatoms. The number of rotatable bonds is 3. The van der Waals surface area contributed by atoms with Crippen LogP contribution >= 0.6 is 0 Å². The first-order valence-corrected chi connectivity index (χ1v) is 7.24. The number of hydrogen-bond acceptors (Lipinski definition) is 3. The van der Waals surface area contributed by atoms with Crippen molar-refractivity contribution in [1.82, 2.24) is 14.9 Å². The zero-order valence-corrected chi connectivity index (χ0v) is 11.2. The van der Waals surface area contributed by atoms with Crippen LogP contribution in [0.4, 0.5) is 0 Å². The van der Waals surface area contributed by atoms with Gasteiger partial charge in [-0.3, -0.25) is 0 Å². The number of imidazole rings is 1. The van der Waals surface area contributed by atoms with E-state index in [1.807, 2.05) is 0 Å². The van der Waals surface area contributed by atoms with Gasteiger partial charge in [0, 0.05) is 50.7 Å². The van der Waals surface area contributed by atoms with Crippen LogP contribution in [0.1, 0.15) is 37.0 Å². The second-order valence-corrected chi connectivity index (χ2v) is 5.40. The zero-order valence-electron chi connectivity index (χ0n) is 11.2. The van der Waals surface area contributed by atoms with Crippen molar-refractivity contribution in [3.63, 3.8) is 0 Å². The van der Waals surface area contributed by atoms with Gasteiger partial charge in [-0.25, -0.2) is 4.98 Å². The number of nitrogens with one attached hydrogen (secondary N) is 1. The van der Waals surface area contributed by atoms with Crippen molar-refractivity contribution in [2.45, 2.75) is 45.7 Å². The van der Waals surface area contributed by atoms with Gasteiger partial charge in [0.15, 0.2) is 0 Å². The maximum Gasteiger partial charge on any atom is 0.108 e. The van der Waals surface area contributed by atoms with Crippen LogP contribution < -0.4 is 5.32 Å². The number of hydrogen-bond donors (Lipinski definition) is 1. The Balaban J connectivity index is 1.82. The molecule has 0 bridgehead atoms. The molecule has 1 aromatic heterocycles. The molecular formula is C14H23N3O. The predicted molar refractivity (Wildman–Crippen MR) is 70.6 cm³/mol. The first-order valence-electron chi connectivity index (χ1n) is 7.24. The Labute approximate surface area is 109 Å². The van der Waals surface area contributed by atoms with Gasteiger partial charge in [-0.15, -0.1) is 0 Å². The van der Waals surface area contributed by atoms with Crippen molar-refractivity contribution in [2.75, 3.05) is 19.8 Å². The van der Waals surface area contributed by atoms with Crippen molar-refractivity contribution >= 4 is 0 Å². The molecule has 0 spiro atoms. The second-order valence-electron chi connectivity index (χ2n) is 5.40. The zero-order chi connectivity index (χ0) is 12.4. The molecule has 100 valence electrons. The van der Waals surface area contributed by atoms with Gasteiger partial charge in [0.05, 0.1) is 12.3 Å². The molecule has 2 aliphatic rings. The molecule has 4 nitrogen and oxygen atoms in total. The third-order valence-corrected chi connectivity index (χ3v) is 4.08. The maximum absolute atomic E-state index is 5.60. The molecule has 2 aliphatic heterocycles. The highest BCUT2D eigenvalue weighted by Crippen LogP contribution is 2.22. The molecular weight excluding hydrogens is 226 g/mol. The van der Waals surface area contributed by atoms with Crippen molar-refractivity contribution in [2.24, 2.45) is 5.92 Å². The van der Waals surface area contributed by atoms with Gasteiger partial charge in [-0.2, -0.15) is 0 Å². The van der Waals surface area contributed by atoms with Gasteiger partial charge >= 0.3 is 0 Å². The lowest BCUT2D eigenvalue weighted by atomic mass is 10.0. The lowest BCUT2D eigenvalue weighted by molar-refractivity contribution is 0.0477. The monoisotopic (exact) mass is 249 g/mol. The van der Waals surface area contributed by atoms with E-state index in [-0.39, 0.29) is 0 Å². The minimum absolute atomic E-state index is 0.678. The Morgan fingerprint density at radius 2 is 2.44 bits per heavy atom. The lowest BCUT2D eigenvalue weighted by Gasteiger charge is -2.25. The molecule has 0 radical (unpaired) electrons. The van der Waals surface area contributed by atoms with Crippen LogP contribution in [0.15, 0.2) is 0 Å². The lowest BCUT2D eigenvalue weighted by Crippen LogP contribution is -2.27. The maximum atomic E-state index is 5.60. The molecule has 3 heterocycles. The van der Waals surface area contributed by atoms with Crippen LogP contribution in [0, 0.1) is 5.92 Å². The van der Waals surface area contributed by atoms with Crippen LogP contribution in [0.2, 0.25) is 0 Å². The molecule has 18 heavy (non-hydrogen) atoms. The summed E-state index contributed by atoms with van der Waals surface area (Å²) in [6.45, 7) is 7.21. The molecule has 1 fully saturated rings. The first-order chi connectivity index (χ1) is 8.88. The van der Waals surface area contributed by atoms with Crippen LogP contribution in [-0.4, -0.2) is 29.3 Å². The molecule has 3 rings (SSSR count). The fourth-order valence-corrected chi connectivity index (χ4v) is 3.12. The number of nitrogens with zero attached hydrogens (tertiary/aromatic N) is 2. The average Bonchev–Trinajstić information content (AvgIpc) is 2.78. The summed E-state index contributed by atoms with van der Waals surface area (Å²) in [4.78, 5) is 4.79. The summed E-state index contributed by atoms with van der Waals surface area (Å²) in [5.41, 5.74) is 2.74. The second kappa shape index (κ2) is 5.41. The highest BCUT2D eigenvalue weighted by atomic mass is 16.5. The Morgan fingerprint density at radius 3 is 3.22 bits per heavy atom. The van der Waals surface area contributed by atoms with Gasteiger partial charge in [-0.1, -0.05) is 6.92 Å². The standard InChI is InChI=1S/C14H23N3O/c1-2-14-16-12-8-15-6-5-13(12)17(14)9-11-4-3-7-18-10-11/h11,15H,2-10H2,1H3. The van der Waals surface area contributed by atoms with Crippen LogP contribution in [0.25, 0.3) is 0 Å². The average molecular weight is 249 g/mol. The fourth-order valence-electron chi connectivity index (χ4n) is 3.12. The smallest absolute Gasteiger partial charge is 0.108 e. The molecule has 1 N–H and O–H groups in total. The topological polar surface area (TPSA) is 39.1 Å². The molecule has 1 atom stereocenters. The highest BCUT2D eigenvalue weighted by molar-refractivity contribution is 5.20. The summed E-state index contributed by atoms with van der Waals surface area (Å²) in [5.74, 6) is 1.94. The Hall–Kier alpha value is -0.870. The van der Waals surface area contributed by atoms with E-state index in [1.165, 1.54) is 30.1 Å². The molecule has 1 unspecified atom stereocenters. The minimum Gasteiger partial charge on any atom is -0.381 e. The number of aryl methyl sites for hydroxylation is 1. The SMILES string of the molecule is CCc1nc2c(n1CC1CCCOC1)CCNC2. The predicted octanol–water partition coefficient (Wildman–Crippen LogP) is 1.52. The quantitative estimate of drug-likeness (QED) is 0.882. The summed E-state index contributed by atoms with van der Waals surface area (Å²) >= 11 is 0. The van der Waals surface area contributed by atoms with Crippen molar-refractivity contribution in [1.29, 1.82) is 0 Å². The highest BCUT2D eigenvalue weighted by Gasteiger charge is 2.22. The van der Waals surface area contributed by atoms with Crippen molar-refractivity contribution in [3.05, 3.63) is 17.2 Å². The molecule has 1 saturated heterocycles. The normalized spacial score (nSPS) is 23.9. The molecule has 0 saturated carbocycles. The molecule has 0 amide bonds.